The van der Waals surface area contributed by atoms with E-state index in [-0.39, 0.29) is 5.97 Å². The number of carbonyl (C=O) groups is 1. The number of carbonyl (C=O) groups excluding carboxylic acids is 1. The van der Waals surface area contributed by atoms with Crippen LogP contribution in [0, 0.1) is 0 Å². The van der Waals surface area contributed by atoms with Gasteiger partial charge in [-0.2, -0.15) is 0 Å². The van der Waals surface area contributed by atoms with Gasteiger partial charge < -0.3 is 9.47 Å². The average molecular weight is 509 g/mol. The number of rotatable bonds is 29. The van der Waals surface area contributed by atoms with Gasteiger partial charge in [0.25, 0.3) is 0 Å². The highest BCUT2D eigenvalue weighted by Gasteiger charge is 2.18. The van der Waals surface area contributed by atoms with Crippen LogP contribution in [-0.2, 0) is 14.3 Å². The molecule has 0 aromatic heterocycles. The van der Waals surface area contributed by atoms with Gasteiger partial charge in [-0.05, 0) is 32.1 Å². The third kappa shape index (κ3) is 26.2. The summed E-state index contributed by atoms with van der Waals surface area (Å²) in [5, 5.41) is 0. The Kier molecular flexibility index (Phi) is 29.7. The van der Waals surface area contributed by atoms with Gasteiger partial charge in [0.05, 0.1) is 6.61 Å². The van der Waals surface area contributed by atoms with Gasteiger partial charge in [-0.25, -0.2) is 4.79 Å². The Labute approximate surface area is 226 Å². The van der Waals surface area contributed by atoms with Crippen LogP contribution in [0.15, 0.2) is 12.2 Å². The first-order chi connectivity index (χ1) is 17.8. The molecule has 0 N–H and O–H groups in total. The third-order valence-electron chi connectivity index (χ3n) is 7.28. The van der Waals surface area contributed by atoms with Crippen molar-refractivity contribution in [2.45, 2.75) is 180 Å². The van der Waals surface area contributed by atoms with Gasteiger partial charge in [0.15, 0.2) is 6.10 Å². The lowest BCUT2D eigenvalue weighted by Crippen LogP contribution is -2.25. The van der Waals surface area contributed by atoms with E-state index in [0.717, 1.165) is 25.7 Å². The van der Waals surface area contributed by atoms with Crippen molar-refractivity contribution in [3.05, 3.63) is 12.2 Å². The average Bonchev–Trinajstić information content (AvgIpc) is 2.89. The van der Waals surface area contributed by atoms with E-state index < -0.39 is 6.10 Å². The Morgan fingerprint density at radius 1 is 0.556 bits per heavy atom. The Bertz CT molecular complexity index is 460. The summed E-state index contributed by atoms with van der Waals surface area (Å²) in [5.74, 6) is -0.191. The van der Waals surface area contributed by atoms with Crippen LogP contribution in [0.4, 0.5) is 0 Å². The first-order valence-electron chi connectivity index (χ1n) is 16.1. The van der Waals surface area contributed by atoms with E-state index in [0.29, 0.717) is 13.0 Å². The normalized spacial score (nSPS) is 12.4. The van der Waals surface area contributed by atoms with Crippen LogP contribution in [0.3, 0.4) is 0 Å². The second kappa shape index (κ2) is 30.4. The molecule has 3 nitrogen and oxygen atoms in total. The highest BCUT2D eigenvalue weighted by Crippen LogP contribution is 2.14. The van der Waals surface area contributed by atoms with Crippen molar-refractivity contribution in [2.24, 2.45) is 0 Å². The molecule has 0 saturated heterocycles. The molecule has 214 valence electrons. The van der Waals surface area contributed by atoms with Gasteiger partial charge in [-0.15, -0.1) is 0 Å². The lowest BCUT2D eigenvalue weighted by molar-refractivity contribution is -0.155. The van der Waals surface area contributed by atoms with Gasteiger partial charge in [0.2, 0.25) is 0 Å². The topological polar surface area (TPSA) is 35.5 Å². The van der Waals surface area contributed by atoms with E-state index in [4.69, 9.17) is 9.47 Å². The van der Waals surface area contributed by atoms with Crippen molar-refractivity contribution in [1.82, 2.24) is 0 Å². The molecule has 0 spiro atoms. The van der Waals surface area contributed by atoms with Crippen molar-refractivity contribution in [3.63, 3.8) is 0 Å². The summed E-state index contributed by atoms with van der Waals surface area (Å²) in [6.45, 7) is 5.08. The van der Waals surface area contributed by atoms with E-state index in [1.54, 1.807) is 7.11 Å². The summed E-state index contributed by atoms with van der Waals surface area (Å²) < 4.78 is 10.8. The van der Waals surface area contributed by atoms with E-state index in [1.807, 2.05) is 0 Å². The lowest BCUT2D eigenvalue weighted by Gasteiger charge is -2.13. The van der Waals surface area contributed by atoms with Gasteiger partial charge in [-0.3, -0.25) is 0 Å². The molecule has 3 heteroatoms. The smallest absolute Gasteiger partial charge is 0.335 e. The molecule has 0 radical (unpaired) electrons. The standard InChI is InChI=1S/C33H64O3/c1-4-6-8-10-12-14-16-18-19-21-23-25-27-29-31-36-33(34)32(35-3)30-28-26-24-22-20-17-15-13-11-9-7-5-2/h24,26,32H,4-23,25,27-31H2,1-3H3. The minimum Gasteiger partial charge on any atom is -0.464 e. The first-order valence-corrected chi connectivity index (χ1v) is 16.1. The summed E-state index contributed by atoms with van der Waals surface area (Å²) in [6.07, 6.45) is 36.4. The molecule has 0 rings (SSSR count). The fourth-order valence-electron chi connectivity index (χ4n) is 4.77. The van der Waals surface area contributed by atoms with E-state index in [9.17, 15) is 4.79 Å². The quantitative estimate of drug-likeness (QED) is 0.0572. The largest absolute Gasteiger partial charge is 0.464 e. The van der Waals surface area contributed by atoms with Crippen LogP contribution in [0.25, 0.3) is 0 Å². The zero-order chi connectivity index (χ0) is 26.4. The summed E-state index contributed by atoms with van der Waals surface area (Å²) in [7, 11) is 1.61. The molecule has 1 atom stereocenters. The van der Waals surface area contributed by atoms with E-state index >= 15 is 0 Å². The third-order valence-corrected chi connectivity index (χ3v) is 7.28. The van der Waals surface area contributed by atoms with Crippen molar-refractivity contribution in [1.29, 1.82) is 0 Å². The summed E-state index contributed by atoms with van der Waals surface area (Å²) in [4.78, 5) is 12.3. The Hall–Kier alpha value is -0.830. The summed E-state index contributed by atoms with van der Waals surface area (Å²) >= 11 is 0. The fourth-order valence-corrected chi connectivity index (χ4v) is 4.77. The second-order valence-corrected chi connectivity index (χ2v) is 10.8. The van der Waals surface area contributed by atoms with Gasteiger partial charge in [-0.1, -0.05) is 154 Å². The molecule has 0 amide bonds. The monoisotopic (exact) mass is 508 g/mol. The molecule has 0 aliphatic carbocycles. The zero-order valence-corrected chi connectivity index (χ0v) is 24.8. The number of hydrogen-bond donors (Lipinski definition) is 0. The van der Waals surface area contributed by atoms with Crippen molar-refractivity contribution in [2.75, 3.05) is 13.7 Å². The summed E-state index contributed by atoms with van der Waals surface area (Å²) in [5.41, 5.74) is 0. The summed E-state index contributed by atoms with van der Waals surface area (Å²) in [6, 6.07) is 0. The van der Waals surface area contributed by atoms with Crippen LogP contribution < -0.4 is 0 Å². The predicted octanol–water partition coefficient (Wildman–Crippen LogP) is 10.9. The van der Waals surface area contributed by atoms with Crippen LogP contribution >= 0.6 is 0 Å². The lowest BCUT2D eigenvalue weighted by atomic mass is 10.0. The Morgan fingerprint density at radius 3 is 1.39 bits per heavy atom. The number of methoxy groups -OCH3 is 1. The predicted molar refractivity (Wildman–Crippen MR) is 158 cm³/mol. The fraction of sp³-hybridized carbons (Fsp3) is 0.909. The molecule has 0 aromatic carbocycles. The molecule has 0 aliphatic heterocycles. The Balaban J connectivity index is 3.48. The molecule has 0 fully saturated rings. The minimum atomic E-state index is -0.426. The maximum Gasteiger partial charge on any atom is 0.335 e. The molecule has 0 aliphatic rings. The Morgan fingerprint density at radius 2 is 0.944 bits per heavy atom. The highest BCUT2D eigenvalue weighted by atomic mass is 16.6. The first kappa shape index (κ1) is 35.2. The van der Waals surface area contributed by atoms with Crippen LogP contribution in [-0.4, -0.2) is 25.8 Å². The highest BCUT2D eigenvalue weighted by molar-refractivity contribution is 5.74. The van der Waals surface area contributed by atoms with Crippen LogP contribution in [0.2, 0.25) is 0 Å². The molecule has 0 aromatic rings. The van der Waals surface area contributed by atoms with Gasteiger partial charge in [0, 0.05) is 7.11 Å². The molecule has 0 saturated carbocycles. The SMILES string of the molecule is CCCCCCCCCCC=CCCC(OC)C(=O)OCCCCCCCCCCCCCCCC. The molecule has 0 heterocycles. The molecule has 1 unspecified atom stereocenters. The number of esters is 1. The van der Waals surface area contributed by atoms with E-state index in [2.05, 4.69) is 26.0 Å². The number of allylic oxidation sites excluding steroid dienone is 2. The van der Waals surface area contributed by atoms with Crippen LogP contribution in [0.1, 0.15) is 174 Å². The molecule has 36 heavy (non-hydrogen) atoms. The molecular formula is C33H64O3. The molecule has 0 bridgehead atoms. The zero-order valence-electron chi connectivity index (χ0n) is 24.8. The molecular weight excluding hydrogens is 444 g/mol. The second-order valence-electron chi connectivity index (χ2n) is 10.8. The van der Waals surface area contributed by atoms with Gasteiger partial charge >= 0.3 is 5.97 Å². The maximum absolute atomic E-state index is 12.3. The van der Waals surface area contributed by atoms with Gasteiger partial charge in [0.1, 0.15) is 0 Å². The van der Waals surface area contributed by atoms with Crippen LogP contribution in [0.5, 0.6) is 0 Å². The van der Waals surface area contributed by atoms with Crippen molar-refractivity contribution >= 4 is 5.97 Å². The number of ether oxygens (including phenoxy) is 2. The van der Waals surface area contributed by atoms with Crippen molar-refractivity contribution in [3.8, 4) is 0 Å². The van der Waals surface area contributed by atoms with Crippen molar-refractivity contribution < 1.29 is 14.3 Å². The number of unbranched alkanes of at least 4 members (excludes halogenated alkanes) is 21. The minimum absolute atomic E-state index is 0.191. The maximum atomic E-state index is 12.3. The number of hydrogen-bond acceptors (Lipinski definition) is 3. The van der Waals surface area contributed by atoms with E-state index in [1.165, 1.54) is 128 Å².